The van der Waals surface area contributed by atoms with Gasteiger partial charge in [0.25, 0.3) is 0 Å². The molecule has 1 aromatic rings. The van der Waals surface area contributed by atoms with Gasteiger partial charge in [0.15, 0.2) is 0 Å². The molecule has 0 aliphatic carbocycles. The lowest BCUT2D eigenvalue weighted by molar-refractivity contribution is -0.148. The number of benzene rings is 1. The SMILES string of the molecule is CC[C@H](C)C(C(CC(=O)N1CCC[C@H]1[C@H](OC)[C@@H](C)C(=O)N[C@@H](Cc1ccccc1)C(=O)NCCCC(C)(C)C)OC)N(C)C(=O)[C@@H](NC(=O)[C@H](C(C)C)N(C)C)C(C)C. The smallest absolute Gasteiger partial charge is 0.245 e. The Kier molecular flexibility index (Phi) is 21.7. The molecule has 2 unspecified atom stereocenters. The fraction of sp³-hybridized carbons (Fsp3) is 0.766. The monoisotopic (exact) mass is 843 g/mol. The van der Waals surface area contributed by atoms with Crippen LogP contribution < -0.4 is 16.0 Å². The zero-order valence-corrected chi connectivity index (χ0v) is 39.8. The molecule has 1 aromatic carbocycles. The van der Waals surface area contributed by atoms with Gasteiger partial charge >= 0.3 is 0 Å². The molecule has 0 spiro atoms. The van der Waals surface area contributed by atoms with Crippen LogP contribution in [-0.4, -0.2) is 135 Å². The zero-order valence-electron chi connectivity index (χ0n) is 39.8. The van der Waals surface area contributed by atoms with E-state index < -0.39 is 42.3 Å². The average molecular weight is 843 g/mol. The number of hydrogen-bond donors (Lipinski definition) is 3. The first-order valence-electron chi connectivity index (χ1n) is 22.3. The summed E-state index contributed by atoms with van der Waals surface area (Å²) in [7, 11) is 8.58. The Hall–Kier alpha value is -3.55. The van der Waals surface area contributed by atoms with Gasteiger partial charge in [-0.15, -0.1) is 0 Å². The summed E-state index contributed by atoms with van der Waals surface area (Å²) in [6, 6.07) is 6.82. The van der Waals surface area contributed by atoms with Crippen LogP contribution >= 0.6 is 0 Å². The molecule has 13 nitrogen and oxygen atoms in total. The van der Waals surface area contributed by atoms with Gasteiger partial charge in [0.05, 0.1) is 42.7 Å². The molecule has 2 rings (SSSR count). The highest BCUT2D eigenvalue weighted by atomic mass is 16.5. The van der Waals surface area contributed by atoms with E-state index in [4.69, 9.17) is 9.47 Å². The second-order valence-corrected chi connectivity index (χ2v) is 19.2. The van der Waals surface area contributed by atoms with E-state index in [-0.39, 0.29) is 65.2 Å². The van der Waals surface area contributed by atoms with E-state index in [1.54, 1.807) is 38.0 Å². The van der Waals surface area contributed by atoms with E-state index in [0.717, 1.165) is 31.2 Å². The average Bonchev–Trinajstić information content (AvgIpc) is 3.67. The molecule has 1 fully saturated rings. The molecule has 5 amide bonds. The predicted molar refractivity (Wildman–Crippen MR) is 239 cm³/mol. The predicted octanol–water partition coefficient (Wildman–Crippen LogP) is 5.30. The van der Waals surface area contributed by atoms with Crippen molar-refractivity contribution in [2.75, 3.05) is 48.5 Å². The summed E-state index contributed by atoms with van der Waals surface area (Å²) >= 11 is 0. The van der Waals surface area contributed by atoms with Crippen LogP contribution in [-0.2, 0) is 39.9 Å². The number of likely N-dealkylation sites (tertiary alicyclic amines) is 1. The minimum absolute atomic E-state index is 0.0138. The van der Waals surface area contributed by atoms with E-state index >= 15 is 0 Å². The molecule has 0 saturated carbocycles. The highest BCUT2D eigenvalue weighted by molar-refractivity contribution is 5.90. The highest BCUT2D eigenvalue weighted by Gasteiger charge is 2.43. The van der Waals surface area contributed by atoms with E-state index in [0.29, 0.717) is 25.9 Å². The van der Waals surface area contributed by atoms with Crippen LogP contribution in [0.3, 0.4) is 0 Å². The minimum atomic E-state index is -0.788. The van der Waals surface area contributed by atoms with Crippen LogP contribution in [0.4, 0.5) is 0 Å². The van der Waals surface area contributed by atoms with E-state index in [9.17, 15) is 24.0 Å². The number of carbonyl (C=O) groups excluding carboxylic acids is 5. The summed E-state index contributed by atoms with van der Waals surface area (Å²) in [5, 5.41) is 9.11. The lowest BCUT2D eigenvalue weighted by Gasteiger charge is -2.41. The largest absolute Gasteiger partial charge is 0.379 e. The standard InChI is InChI=1S/C47H82N6O7/c1-16-32(6)41(52(13)46(58)39(30(2)3)50-45(57)40(31(4)5)51(11)12)37(59-14)29-38(54)53-27-20-24-36(53)42(60-15)33(7)43(55)49-35(28-34-22-18-17-19-23-34)44(56)48-26-21-25-47(8,9)10/h17-19,22-23,30-33,35-37,39-42H,16,20-21,24-29H2,1-15H3,(H,48,56)(H,49,55)(H,50,57)/t32-,33+,35-,36-,37?,39-,40-,41?,42+/m0/s1. The maximum atomic E-state index is 14.4. The van der Waals surface area contributed by atoms with Crippen LogP contribution in [0.5, 0.6) is 0 Å². The maximum absolute atomic E-state index is 14.4. The van der Waals surface area contributed by atoms with Gasteiger partial charge in [-0.1, -0.05) is 106 Å². The number of hydrogen-bond acceptors (Lipinski definition) is 8. The van der Waals surface area contributed by atoms with Crippen LogP contribution in [0.2, 0.25) is 0 Å². The third kappa shape index (κ3) is 15.4. The Morgan fingerprint density at radius 1 is 0.867 bits per heavy atom. The number of ether oxygens (including phenoxy) is 2. The summed E-state index contributed by atoms with van der Waals surface area (Å²) in [4.78, 5) is 75.1. The van der Waals surface area contributed by atoms with Gasteiger partial charge in [-0.3, -0.25) is 28.9 Å². The fourth-order valence-corrected chi connectivity index (χ4v) is 8.73. The molecule has 1 aliphatic rings. The number of rotatable bonds is 24. The van der Waals surface area contributed by atoms with Crippen LogP contribution in [0.15, 0.2) is 30.3 Å². The van der Waals surface area contributed by atoms with Gasteiger partial charge in [0, 0.05) is 40.8 Å². The van der Waals surface area contributed by atoms with Gasteiger partial charge in [0.2, 0.25) is 29.5 Å². The Morgan fingerprint density at radius 3 is 2.02 bits per heavy atom. The van der Waals surface area contributed by atoms with Crippen molar-refractivity contribution < 1.29 is 33.4 Å². The van der Waals surface area contributed by atoms with E-state index in [1.807, 2.05) is 90.9 Å². The lowest BCUT2D eigenvalue weighted by Crippen LogP contribution is -2.59. The van der Waals surface area contributed by atoms with Crippen LogP contribution in [0.1, 0.15) is 113 Å². The molecule has 3 N–H and O–H groups in total. The number of likely N-dealkylation sites (N-methyl/N-ethyl adjacent to an activating group) is 2. The summed E-state index contributed by atoms with van der Waals surface area (Å²) < 4.78 is 12.1. The molecular weight excluding hydrogens is 761 g/mol. The highest BCUT2D eigenvalue weighted by Crippen LogP contribution is 2.30. The van der Waals surface area contributed by atoms with Gasteiger partial charge < -0.3 is 35.2 Å². The summed E-state index contributed by atoms with van der Waals surface area (Å²) in [5.41, 5.74) is 1.08. The molecule has 0 aromatic heterocycles. The molecule has 1 saturated heterocycles. The number of nitrogens with zero attached hydrogens (tertiary/aromatic N) is 3. The molecule has 342 valence electrons. The first-order chi connectivity index (χ1) is 28.1. The van der Waals surface area contributed by atoms with Gasteiger partial charge in [0.1, 0.15) is 12.1 Å². The normalized spacial score (nSPS) is 18.6. The molecule has 13 heteroatoms. The Morgan fingerprint density at radius 2 is 1.50 bits per heavy atom. The Labute approximate surface area is 362 Å². The van der Waals surface area contributed by atoms with Crippen molar-refractivity contribution in [2.45, 2.75) is 157 Å². The summed E-state index contributed by atoms with van der Waals surface area (Å²) in [5.74, 6) is -2.00. The van der Waals surface area contributed by atoms with Gasteiger partial charge in [-0.25, -0.2) is 0 Å². The van der Waals surface area contributed by atoms with Gasteiger partial charge in [-0.05, 0) is 68.5 Å². The Bertz CT molecular complexity index is 1490. The molecule has 60 heavy (non-hydrogen) atoms. The second kappa shape index (κ2) is 24.8. The number of methoxy groups -OCH3 is 2. The van der Waals surface area contributed by atoms with Crippen molar-refractivity contribution in [3.63, 3.8) is 0 Å². The van der Waals surface area contributed by atoms with Crippen molar-refractivity contribution in [3.8, 4) is 0 Å². The van der Waals surface area contributed by atoms with E-state index in [1.165, 1.54) is 0 Å². The molecule has 1 heterocycles. The zero-order chi connectivity index (χ0) is 45.5. The fourth-order valence-electron chi connectivity index (χ4n) is 8.73. The van der Waals surface area contributed by atoms with Crippen molar-refractivity contribution in [1.29, 1.82) is 0 Å². The maximum Gasteiger partial charge on any atom is 0.245 e. The molecular formula is C47H82N6O7. The van der Waals surface area contributed by atoms with Crippen molar-refractivity contribution >= 4 is 29.5 Å². The molecule has 0 bridgehead atoms. The molecule has 0 radical (unpaired) electrons. The summed E-state index contributed by atoms with van der Waals surface area (Å²) in [6.45, 7) is 21.2. The van der Waals surface area contributed by atoms with Gasteiger partial charge in [-0.2, -0.15) is 0 Å². The number of amides is 5. The van der Waals surface area contributed by atoms with Crippen LogP contribution in [0, 0.1) is 29.1 Å². The topological polar surface area (TPSA) is 150 Å². The minimum Gasteiger partial charge on any atom is -0.379 e. The van der Waals surface area contributed by atoms with Crippen molar-refractivity contribution in [3.05, 3.63) is 35.9 Å². The number of carbonyl (C=O) groups is 5. The van der Waals surface area contributed by atoms with E-state index in [2.05, 4.69) is 36.7 Å². The third-order valence-electron chi connectivity index (χ3n) is 12.3. The third-order valence-corrected chi connectivity index (χ3v) is 12.3. The lowest BCUT2D eigenvalue weighted by atomic mass is 9.89. The van der Waals surface area contributed by atoms with Crippen LogP contribution in [0.25, 0.3) is 0 Å². The summed E-state index contributed by atoms with van der Waals surface area (Å²) in [6.07, 6.45) is 2.98. The Balaban J connectivity index is 2.29. The molecule has 9 atom stereocenters. The number of nitrogens with one attached hydrogen (secondary N) is 3. The van der Waals surface area contributed by atoms with Crippen molar-refractivity contribution in [1.82, 2.24) is 30.7 Å². The first-order valence-corrected chi connectivity index (χ1v) is 22.3. The van der Waals surface area contributed by atoms with Crippen molar-refractivity contribution in [2.24, 2.45) is 29.1 Å². The molecule has 1 aliphatic heterocycles. The quantitative estimate of drug-likeness (QED) is 0.119. The second-order valence-electron chi connectivity index (χ2n) is 19.2. The first kappa shape index (κ1) is 52.6.